The molecular weight excluding hydrogens is 255 g/mol. The average Bonchev–Trinajstić information content (AvgIpc) is 2.21. The van der Waals surface area contributed by atoms with Crippen molar-refractivity contribution in [1.29, 1.82) is 0 Å². The van der Waals surface area contributed by atoms with Crippen LogP contribution in [0.1, 0.15) is 6.92 Å². The summed E-state index contributed by atoms with van der Waals surface area (Å²) in [7, 11) is -4.48. The van der Waals surface area contributed by atoms with Crippen LogP contribution >= 0.6 is 7.82 Å². The van der Waals surface area contributed by atoms with Gasteiger partial charge in [-0.05, 0) is 0 Å². The lowest BCUT2D eigenvalue weighted by molar-refractivity contribution is 0.0291. The maximum absolute atomic E-state index is 11.7. The molecule has 9 heteroatoms. The Morgan fingerprint density at radius 2 is 1.56 bits per heavy atom. The van der Waals surface area contributed by atoms with Crippen molar-refractivity contribution < 1.29 is 35.7 Å². The Bertz CT molecular complexity index is 282. The monoisotopic (exact) mass is 264 g/mol. The first kappa shape index (κ1) is 15.2. The zero-order valence-corrected chi connectivity index (χ0v) is 9.06. The van der Waals surface area contributed by atoms with Gasteiger partial charge in [0.05, 0.1) is 0 Å². The molecule has 0 fully saturated rings. The summed E-state index contributed by atoms with van der Waals surface area (Å²) in [5, 5.41) is 0. The zero-order valence-electron chi connectivity index (χ0n) is 8.16. The highest BCUT2D eigenvalue weighted by Crippen LogP contribution is 2.49. The summed E-state index contributed by atoms with van der Waals surface area (Å²) in [6.45, 7) is -1.22. The molecule has 94 valence electrons. The van der Waals surface area contributed by atoms with E-state index in [1.807, 2.05) is 0 Å². The van der Waals surface area contributed by atoms with Crippen molar-refractivity contribution in [2.45, 2.75) is 19.8 Å². The van der Waals surface area contributed by atoms with Crippen molar-refractivity contribution in [3.63, 3.8) is 0 Å². The smallest absolute Gasteiger partial charge is 0.350 e. The van der Waals surface area contributed by atoms with Crippen molar-refractivity contribution >= 4 is 7.82 Å². The molecule has 0 saturated carbocycles. The van der Waals surface area contributed by atoms with E-state index in [1.54, 1.807) is 6.11 Å². The fourth-order valence-corrected chi connectivity index (χ4v) is 1.46. The molecule has 0 aliphatic carbocycles. The van der Waals surface area contributed by atoms with Crippen LogP contribution < -0.4 is 0 Å². The molecular formula is C7H9F4O4P. The Labute approximate surface area is 89.5 Å². The molecule has 0 spiro atoms. The largest absolute Gasteiger partial charge is 0.538 e. The zero-order chi connectivity index (χ0) is 12.6. The van der Waals surface area contributed by atoms with Crippen LogP contribution in [0.2, 0.25) is 0 Å². The lowest BCUT2D eigenvalue weighted by Gasteiger charge is -2.14. The van der Waals surface area contributed by atoms with E-state index in [1.165, 1.54) is 6.92 Å². The van der Waals surface area contributed by atoms with Gasteiger partial charge in [-0.3, -0.25) is 9.05 Å². The molecule has 16 heavy (non-hydrogen) atoms. The van der Waals surface area contributed by atoms with Crippen LogP contribution in [0.5, 0.6) is 0 Å². The van der Waals surface area contributed by atoms with Crippen LogP contribution in [0.4, 0.5) is 17.6 Å². The van der Waals surface area contributed by atoms with Crippen molar-refractivity contribution in [2.24, 2.45) is 0 Å². The van der Waals surface area contributed by atoms with Gasteiger partial charge in [0, 0.05) is 6.92 Å². The quantitative estimate of drug-likeness (QED) is 0.403. The Kier molecular flexibility index (Phi) is 7.13. The molecule has 0 heterocycles. The molecule has 0 atom stereocenters. The summed E-state index contributed by atoms with van der Waals surface area (Å²) < 4.78 is 70.6. The van der Waals surface area contributed by atoms with Crippen LogP contribution in [0.3, 0.4) is 0 Å². The molecule has 0 bridgehead atoms. The standard InChI is InChI=1S/C7H9F4O4P/c1-2-3-13-16(12,14-4-6(8)9)15-5-7(10)11/h6-7H,4-5H2,1H3. The van der Waals surface area contributed by atoms with Crippen LogP contribution in [-0.4, -0.2) is 26.1 Å². The highest BCUT2D eigenvalue weighted by Gasteiger charge is 2.30. The Hall–Kier alpha value is -0.770. The molecule has 0 aromatic heterocycles. The minimum absolute atomic E-state index is 1.26. The molecule has 0 N–H and O–H groups in total. The maximum atomic E-state index is 11.7. The fraction of sp³-hybridized carbons (Fsp3) is 0.714. The van der Waals surface area contributed by atoms with Crippen LogP contribution in [0, 0.1) is 12.0 Å². The van der Waals surface area contributed by atoms with Gasteiger partial charge in [0.15, 0.2) is 0 Å². The molecule has 0 amide bonds. The number of rotatable bonds is 7. The first-order chi connectivity index (χ1) is 7.39. The summed E-state index contributed by atoms with van der Waals surface area (Å²) in [6.07, 6.45) is -4.07. The Morgan fingerprint density at radius 3 is 1.88 bits per heavy atom. The first-order valence-electron chi connectivity index (χ1n) is 3.95. The maximum Gasteiger partial charge on any atom is 0.538 e. The van der Waals surface area contributed by atoms with E-state index in [9.17, 15) is 22.1 Å². The van der Waals surface area contributed by atoms with Gasteiger partial charge in [-0.1, -0.05) is 5.92 Å². The normalized spacial score (nSPS) is 11.4. The lowest BCUT2D eigenvalue weighted by atomic mass is 10.8. The third-order valence-corrected chi connectivity index (χ3v) is 2.22. The van der Waals surface area contributed by atoms with Crippen LogP contribution in [0.15, 0.2) is 0 Å². The minimum atomic E-state index is -4.48. The third kappa shape index (κ3) is 7.51. The van der Waals surface area contributed by atoms with Crippen LogP contribution in [-0.2, 0) is 18.1 Å². The fourth-order valence-electron chi connectivity index (χ4n) is 0.487. The van der Waals surface area contributed by atoms with E-state index in [0.717, 1.165) is 0 Å². The summed E-state index contributed by atoms with van der Waals surface area (Å²) >= 11 is 0. The highest BCUT2D eigenvalue weighted by molar-refractivity contribution is 7.48. The third-order valence-electron chi connectivity index (χ3n) is 0.977. The van der Waals surface area contributed by atoms with E-state index in [2.05, 4.69) is 19.5 Å². The number of phosphoric ester groups is 1. The van der Waals surface area contributed by atoms with E-state index in [0.29, 0.717) is 0 Å². The topological polar surface area (TPSA) is 44.8 Å². The number of hydrogen-bond donors (Lipinski definition) is 0. The van der Waals surface area contributed by atoms with Gasteiger partial charge in [0.1, 0.15) is 19.3 Å². The van der Waals surface area contributed by atoms with Crippen LogP contribution in [0.25, 0.3) is 0 Å². The van der Waals surface area contributed by atoms with Gasteiger partial charge in [-0.25, -0.2) is 22.1 Å². The van der Waals surface area contributed by atoms with Gasteiger partial charge in [0.2, 0.25) is 0 Å². The molecule has 0 aromatic rings. The molecule has 0 aromatic carbocycles. The summed E-state index contributed by atoms with van der Waals surface area (Å²) in [5.41, 5.74) is 0. The predicted molar refractivity (Wildman–Crippen MR) is 46.1 cm³/mol. The molecule has 0 aliphatic rings. The Balaban J connectivity index is 4.34. The summed E-state index contributed by atoms with van der Waals surface area (Å²) in [5.74, 6) is 2.12. The molecule has 0 radical (unpaired) electrons. The van der Waals surface area contributed by atoms with E-state index >= 15 is 0 Å². The highest BCUT2D eigenvalue weighted by atomic mass is 31.2. The predicted octanol–water partition coefficient (Wildman–Crippen LogP) is 2.66. The molecule has 0 saturated heterocycles. The van der Waals surface area contributed by atoms with Gasteiger partial charge in [0.25, 0.3) is 12.9 Å². The summed E-state index contributed by atoms with van der Waals surface area (Å²) in [4.78, 5) is 0. The Morgan fingerprint density at radius 1 is 1.12 bits per heavy atom. The van der Waals surface area contributed by atoms with Gasteiger partial charge in [-0.2, -0.15) is 0 Å². The minimum Gasteiger partial charge on any atom is -0.350 e. The van der Waals surface area contributed by atoms with E-state index in [4.69, 9.17) is 0 Å². The van der Waals surface area contributed by atoms with Gasteiger partial charge >= 0.3 is 7.82 Å². The first-order valence-corrected chi connectivity index (χ1v) is 5.41. The number of hydrogen-bond acceptors (Lipinski definition) is 4. The second-order valence-electron chi connectivity index (χ2n) is 2.26. The lowest BCUT2D eigenvalue weighted by Crippen LogP contribution is -2.09. The van der Waals surface area contributed by atoms with Gasteiger partial charge in [-0.15, -0.1) is 0 Å². The SMILES string of the molecule is CC#COP(=O)(OCC(F)F)OCC(F)F. The molecule has 0 unspecified atom stereocenters. The van der Waals surface area contributed by atoms with E-state index in [-0.39, 0.29) is 0 Å². The summed E-state index contributed by atoms with van der Waals surface area (Å²) in [6, 6.07) is 0. The van der Waals surface area contributed by atoms with Crippen molar-refractivity contribution in [2.75, 3.05) is 13.2 Å². The molecule has 0 rings (SSSR count). The van der Waals surface area contributed by atoms with E-state index < -0.39 is 33.9 Å². The second-order valence-corrected chi connectivity index (χ2v) is 3.86. The number of alkyl halides is 4. The molecule has 4 nitrogen and oxygen atoms in total. The number of halogens is 4. The molecule has 0 aliphatic heterocycles. The van der Waals surface area contributed by atoms with Crippen molar-refractivity contribution in [1.82, 2.24) is 0 Å². The van der Waals surface area contributed by atoms with Crippen molar-refractivity contribution in [3.8, 4) is 12.0 Å². The average molecular weight is 264 g/mol. The number of phosphoric acid groups is 1. The van der Waals surface area contributed by atoms with Crippen molar-refractivity contribution in [3.05, 3.63) is 0 Å². The van der Waals surface area contributed by atoms with Gasteiger partial charge < -0.3 is 4.52 Å². The second kappa shape index (κ2) is 7.49.